The summed E-state index contributed by atoms with van der Waals surface area (Å²) in [6.45, 7) is 5.35. The maximum Gasteiger partial charge on any atom is 0.335 e. The van der Waals surface area contributed by atoms with Crippen LogP contribution in [-0.2, 0) is 6.42 Å². The van der Waals surface area contributed by atoms with Crippen molar-refractivity contribution in [2.24, 2.45) is 0 Å². The van der Waals surface area contributed by atoms with Gasteiger partial charge in [0.2, 0.25) is 5.89 Å². The second-order valence-electron chi connectivity index (χ2n) is 9.00. The van der Waals surface area contributed by atoms with E-state index in [-0.39, 0.29) is 34.9 Å². The summed E-state index contributed by atoms with van der Waals surface area (Å²) >= 11 is 0. The molecule has 11 heteroatoms. The average molecular weight is 482 g/mol. The first-order chi connectivity index (χ1) is 16.8. The monoisotopic (exact) mass is 482 g/mol. The number of nitrogens with zero attached hydrogens (tertiary/aromatic N) is 6. The normalized spacial score (nSPS) is 14.8. The Kier molecular flexibility index (Phi) is 5.91. The number of fused-ring (bicyclic) bond motifs is 1. The number of piperidine rings is 1. The van der Waals surface area contributed by atoms with E-state index in [1.54, 1.807) is 0 Å². The smallest absolute Gasteiger partial charge is 0.335 e. The van der Waals surface area contributed by atoms with E-state index in [2.05, 4.69) is 25.0 Å². The lowest BCUT2D eigenvalue weighted by Crippen LogP contribution is -2.35. The van der Waals surface area contributed by atoms with Gasteiger partial charge in [0.1, 0.15) is 17.8 Å². The van der Waals surface area contributed by atoms with Gasteiger partial charge in [-0.25, -0.2) is 23.5 Å². The number of hydrogen-bond acceptors (Lipinski definition) is 7. The molecule has 9 nitrogen and oxygen atoms in total. The summed E-state index contributed by atoms with van der Waals surface area (Å²) in [6.07, 6.45) is 4.26. The number of anilines is 1. The van der Waals surface area contributed by atoms with Gasteiger partial charge in [-0.15, -0.1) is 0 Å². The number of carbonyl (C=O) groups is 1. The van der Waals surface area contributed by atoms with Gasteiger partial charge in [0.05, 0.1) is 16.6 Å². The van der Waals surface area contributed by atoms with Crippen LogP contribution < -0.4 is 4.90 Å². The van der Waals surface area contributed by atoms with E-state index in [0.29, 0.717) is 36.3 Å². The van der Waals surface area contributed by atoms with Crippen LogP contribution in [0.3, 0.4) is 0 Å². The van der Waals surface area contributed by atoms with E-state index in [9.17, 15) is 9.18 Å². The molecule has 0 bridgehead atoms. The molecule has 35 heavy (non-hydrogen) atoms. The molecule has 182 valence electrons. The number of carboxylic acid groups (broad SMARTS) is 1. The van der Waals surface area contributed by atoms with Crippen molar-refractivity contribution in [3.63, 3.8) is 0 Å². The SMILES string of the molecule is CC(C)c1nc(N2CCC(n3cc(F)c4c(Cc5ccc(C(=O)O)cc5F)ncnc43)CC2)no1. The van der Waals surface area contributed by atoms with Crippen LogP contribution in [0.2, 0.25) is 0 Å². The summed E-state index contributed by atoms with van der Waals surface area (Å²) in [4.78, 5) is 26.1. The molecule has 0 spiro atoms. The molecule has 1 aliphatic heterocycles. The molecule has 1 N–H and O–H groups in total. The van der Waals surface area contributed by atoms with Gasteiger partial charge in [0.25, 0.3) is 5.95 Å². The highest BCUT2D eigenvalue weighted by molar-refractivity contribution is 5.87. The highest BCUT2D eigenvalue weighted by Gasteiger charge is 2.27. The largest absolute Gasteiger partial charge is 0.478 e. The fraction of sp³-hybridized carbons (Fsp3) is 0.375. The average Bonchev–Trinajstić information content (AvgIpc) is 3.46. The number of aromatic carboxylic acids is 1. The van der Waals surface area contributed by atoms with Gasteiger partial charge in [-0.05, 0) is 35.7 Å². The Bertz CT molecular complexity index is 1390. The van der Waals surface area contributed by atoms with Gasteiger partial charge in [-0.1, -0.05) is 19.9 Å². The Hall–Kier alpha value is -3.89. The number of hydrogen-bond donors (Lipinski definition) is 1. The van der Waals surface area contributed by atoms with Gasteiger partial charge in [0.15, 0.2) is 5.82 Å². The molecule has 0 atom stereocenters. The van der Waals surface area contributed by atoms with Crippen LogP contribution in [0.1, 0.15) is 66.2 Å². The Morgan fingerprint density at radius 2 is 1.97 bits per heavy atom. The van der Waals surface area contributed by atoms with E-state index >= 15 is 4.39 Å². The number of halogens is 2. The number of rotatable bonds is 6. The first kappa shape index (κ1) is 22.9. The van der Waals surface area contributed by atoms with Crippen molar-refractivity contribution in [1.29, 1.82) is 0 Å². The standard InChI is InChI=1S/C24H24F2N6O3/c1-13(2)22-29-24(30-35-22)31-7-5-16(6-8-31)32-11-18(26)20-19(27-12-28-21(20)32)10-14-3-4-15(23(33)34)9-17(14)25/h3-4,9,11-13,16H,5-8,10H2,1-2H3,(H,33,34). The maximum absolute atomic E-state index is 15.1. The maximum atomic E-state index is 15.1. The molecule has 0 radical (unpaired) electrons. The van der Waals surface area contributed by atoms with Crippen molar-refractivity contribution < 1.29 is 23.2 Å². The van der Waals surface area contributed by atoms with E-state index in [0.717, 1.165) is 18.9 Å². The van der Waals surface area contributed by atoms with Crippen LogP contribution in [0, 0.1) is 11.6 Å². The summed E-state index contributed by atoms with van der Waals surface area (Å²) in [5.41, 5.74) is 0.884. The van der Waals surface area contributed by atoms with E-state index in [1.165, 1.54) is 24.7 Å². The predicted molar refractivity (Wildman–Crippen MR) is 123 cm³/mol. The van der Waals surface area contributed by atoms with Gasteiger partial charge in [-0.3, -0.25) is 0 Å². The molecule has 0 aliphatic carbocycles. The Labute approximate surface area is 199 Å². The second-order valence-corrected chi connectivity index (χ2v) is 9.00. The second kappa shape index (κ2) is 9.05. The van der Waals surface area contributed by atoms with Crippen LogP contribution in [0.4, 0.5) is 14.7 Å². The molecule has 1 aromatic carbocycles. The molecular weight excluding hydrogens is 458 g/mol. The van der Waals surface area contributed by atoms with Crippen LogP contribution in [0.15, 0.2) is 35.2 Å². The summed E-state index contributed by atoms with van der Waals surface area (Å²) < 4.78 is 36.7. The quantitative estimate of drug-likeness (QED) is 0.432. The molecule has 1 saturated heterocycles. The lowest BCUT2D eigenvalue weighted by atomic mass is 10.0. The molecule has 0 amide bonds. The summed E-state index contributed by atoms with van der Waals surface area (Å²) in [5.74, 6) is -1.05. The highest BCUT2D eigenvalue weighted by atomic mass is 19.1. The Morgan fingerprint density at radius 1 is 1.20 bits per heavy atom. The molecular formula is C24H24F2N6O3. The van der Waals surface area contributed by atoms with Crippen LogP contribution in [-0.4, -0.2) is 48.8 Å². The van der Waals surface area contributed by atoms with Crippen molar-refractivity contribution in [1.82, 2.24) is 24.7 Å². The van der Waals surface area contributed by atoms with Crippen LogP contribution in [0.5, 0.6) is 0 Å². The minimum atomic E-state index is -1.21. The fourth-order valence-corrected chi connectivity index (χ4v) is 4.45. The zero-order valence-electron chi connectivity index (χ0n) is 19.3. The third kappa shape index (κ3) is 4.33. The van der Waals surface area contributed by atoms with Crippen molar-refractivity contribution in [2.45, 2.75) is 45.1 Å². The van der Waals surface area contributed by atoms with E-state index < -0.39 is 17.6 Å². The molecule has 5 rings (SSSR count). The van der Waals surface area contributed by atoms with E-state index in [4.69, 9.17) is 9.63 Å². The fourth-order valence-electron chi connectivity index (χ4n) is 4.45. The predicted octanol–water partition coefficient (Wildman–Crippen LogP) is 4.35. The van der Waals surface area contributed by atoms with Gasteiger partial charge in [-0.2, -0.15) is 4.98 Å². The lowest BCUT2D eigenvalue weighted by Gasteiger charge is -2.31. The molecule has 1 aliphatic rings. The van der Waals surface area contributed by atoms with Crippen molar-refractivity contribution >= 4 is 23.0 Å². The van der Waals surface area contributed by atoms with Crippen molar-refractivity contribution in [3.8, 4) is 0 Å². The van der Waals surface area contributed by atoms with E-state index in [1.807, 2.05) is 18.4 Å². The minimum Gasteiger partial charge on any atom is -0.478 e. The topological polar surface area (TPSA) is 110 Å². The molecule has 1 fully saturated rings. The van der Waals surface area contributed by atoms with Gasteiger partial charge >= 0.3 is 5.97 Å². The first-order valence-corrected chi connectivity index (χ1v) is 11.4. The first-order valence-electron chi connectivity index (χ1n) is 11.4. The Balaban J connectivity index is 1.37. The molecule has 3 aromatic heterocycles. The summed E-state index contributed by atoms with van der Waals surface area (Å²) in [6, 6.07) is 3.69. The van der Waals surface area contributed by atoms with Crippen molar-refractivity contribution in [2.75, 3.05) is 18.0 Å². The van der Waals surface area contributed by atoms with Crippen molar-refractivity contribution in [3.05, 3.63) is 65.1 Å². The minimum absolute atomic E-state index is 0.0140. The van der Waals surface area contributed by atoms with Crippen LogP contribution in [0.25, 0.3) is 11.0 Å². The Morgan fingerprint density at radius 3 is 2.63 bits per heavy atom. The van der Waals surface area contributed by atoms with Crippen LogP contribution >= 0.6 is 0 Å². The molecule has 0 saturated carbocycles. The zero-order valence-corrected chi connectivity index (χ0v) is 19.3. The molecule has 4 heterocycles. The summed E-state index contributed by atoms with van der Waals surface area (Å²) in [7, 11) is 0. The number of benzene rings is 1. The van der Waals surface area contributed by atoms with Gasteiger partial charge in [0, 0.05) is 37.7 Å². The summed E-state index contributed by atoms with van der Waals surface area (Å²) in [5, 5.41) is 13.4. The highest BCUT2D eigenvalue weighted by Crippen LogP contribution is 2.32. The number of carboxylic acids is 1. The molecule has 4 aromatic rings. The molecule has 0 unspecified atom stereocenters. The number of aromatic nitrogens is 5. The zero-order chi connectivity index (χ0) is 24.7. The van der Waals surface area contributed by atoms with Gasteiger partial charge < -0.3 is 19.1 Å². The third-order valence-electron chi connectivity index (χ3n) is 6.37. The third-order valence-corrected chi connectivity index (χ3v) is 6.37. The lowest BCUT2D eigenvalue weighted by molar-refractivity contribution is 0.0696.